The Labute approximate surface area is 552 Å². The van der Waals surface area contributed by atoms with E-state index in [1.54, 1.807) is 0 Å². The second-order valence-electron chi connectivity index (χ2n) is 24.4. The highest BCUT2D eigenvalue weighted by Crippen LogP contribution is 2.53. The summed E-state index contributed by atoms with van der Waals surface area (Å²) in [7, 11) is 0. The van der Waals surface area contributed by atoms with Crippen molar-refractivity contribution in [2.75, 3.05) is 19.6 Å². The quantitative estimate of drug-likeness (QED) is 0.119. The van der Waals surface area contributed by atoms with Gasteiger partial charge in [0, 0.05) is 81.9 Å². The van der Waals surface area contributed by atoms with Crippen molar-refractivity contribution in [2.45, 2.75) is 26.5 Å². The topological polar surface area (TPSA) is 13.0 Å². The second kappa shape index (κ2) is 22.8. The molecular weight excluding hydrogens is 1160 g/mol. The van der Waals surface area contributed by atoms with Crippen LogP contribution in [0.25, 0.3) is 33.4 Å². The summed E-state index contributed by atoms with van der Waals surface area (Å²) >= 11 is 3.84. The fraction of sp³-hybridized carbons (Fsp3) is 0.0118. The molecule has 93 heavy (non-hydrogen) atoms. The predicted octanol–water partition coefficient (Wildman–Crippen LogP) is 19.5. The number of rotatable bonds is 11. The first kappa shape index (κ1) is 55.0. The van der Waals surface area contributed by atoms with Crippen LogP contribution >= 0.6 is 23.5 Å². The SMILES string of the molecule is Cc1cccc(-c2ccccc2)c1N1c2cc3c(cc2B2c4ccccc4N(c4ccccc4)c4cc(N(c5ccccc5)c5ccccc5)cc1c42)B1c2ccccc2Sc2cc(N(c4ccc(-c5ccccc5)cc4)c4ccccc4-c4ccccc4)cc(c21)S3. The molecular formula is C85H58B2N4S2. The molecule has 0 radical (unpaired) electrons. The van der Waals surface area contributed by atoms with E-state index in [0.717, 1.165) is 56.9 Å². The lowest BCUT2D eigenvalue weighted by atomic mass is 9.31. The molecule has 0 atom stereocenters. The highest BCUT2D eigenvalue weighted by Gasteiger charge is 2.47. The third kappa shape index (κ3) is 9.26. The molecule has 0 bridgehead atoms. The van der Waals surface area contributed by atoms with Crippen LogP contribution in [0.4, 0.5) is 68.2 Å². The van der Waals surface area contributed by atoms with Crippen LogP contribution in [0.2, 0.25) is 0 Å². The predicted molar refractivity (Wildman–Crippen MR) is 397 cm³/mol. The number of hydrogen-bond donors (Lipinski definition) is 0. The summed E-state index contributed by atoms with van der Waals surface area (Å²) in [4.78, 5) is 15.2. The Morgan fingerprint density at radius 2 is 0.774 bits per heavy atom. The number of benzene rings is 14. The summed E-state index contributed by atoms with van der Waals surface area (Å²) in [5, 5.41) is 0. The van der Waals surface area contributed by atoms with Gasteiger partial charge in [0.2, 0.25) is 6.71 Å². The number of nitrogens with zero attached hydrogens (tertiary/aromatic N) is 4. The largest absolute Gasteiger partial charge is 0.311 e. The third-order valence-electron chi connectivity index (χ3n) is 19.0. The lowest BCUT2D eigenvalue weighted by molar-refractivity contribution is 1.21. The molecule has 8 heteroatoms. The van der Waals surface area contributed by atoms with E-state index in [0.29, 0.717) is 0 Å². The third-order valence-corrected chi connectivity index (χ3v) is 21.3. The molecule has 4 aliphatic rings. The van der Waals surface area contributed by atoms with Gasteiger partial charge in [0.1, 0.15) is 0 Å². The minimum atomic E-state index is -0.129. The molecule has 0 fully saturated rings. The van der Waals surface area contributed by atoms with Gasteiger partial charge in [0.15, 0.2) is 0 Å². The van der Waals surface area contributed by atoms with E-state index in [1.165, 1.54) is 103 Å². The van der Waals surface area contributed by atoms with Crippen molar-refractivity contribution in [3.05, 3.63) is 339 Å². The van der Waals surface area contributed by atoms with Crippen LogP contribution in [0.3, 0.4) is 0 Å². The maximum Gasteiger partial charge on any atom is 0.252 e. The summed E-state index contributed by atoms with van der Waals surface area (Å²) in [6, 6.07) is 124. The Kier molecular flexibility index (Phi) is 13.5. The van der Waals surface area contributed by atoms with Gasteiger partial charge in [-0.05, 0) is 154 Å². The van der Waals surface area contributed by atoms with Crippen molar-refractivity contribution in [1.82, 2.24) is 0 Å². The first-order valence-electron chi connectivity index (χ1n) is 32.0. The highest BCUT2D eigenvalue weighted by atomic mass is 32.2. The molecule has 18 rings (SSSR count). The normalized spacial score (nSPS) is 12.8. The number of hydrogen-bond acceptors (Lipinski definition) is 6. The Balaban J connectivity index is 0.907. The van der Waals surface area contributed by atoms with E-state index in [4.69, 9.17) is 0 Å². The monoisotopic (exact) mass is 1220 g/mol. The standard InChI is InChI=1S/C85H58B2N4S2/c1-57-27-26-41-69(61-32-12-4-13-33-61)85(57)91-76-56-80-73(55-72(76)86-70-42-21-24-45-75(70)90(64-38-18-7-19-39-64)77-51-66(52-78(91)83(77)86)88(62-34-14-5-15-35-62)63-36-16-6-17-37-63)87-71-43-22-25-46-79(71)92-81-53-67(54-82(93-80)84(81)87)89(65-49-47-59(48-50-65)58-28-8-2-9-29-58)74-44-23-20-40-68(74)60-30-10-3-11-31-60/h2-56H,1H3. The molecule has 0 saturated carbocycles. The number of fused-ring (bicyclic) bond motifs is 8. The first-order valence-corrected chi connectivity index (χ1v) is 33.6. The minimum Gasteiger partial charge on any atom is -0.311 e. The van der Waals surface area contributed by atoms with E-state index in [2.05, 4.69) is 360 Å². The van der Waals surface area contributed by atoms with Crippen molar-refractivity contribution < 1.29 is 0 Å². The first-order chi connectivity index (χ1) is 46.1. The van der Waals surface area contributed by atoms with Crippen molar-refractivity contribution in [1.29, 1.82) is 0 Å². The van der Waals surface area contributed by atoms with Crippen LogP contribution in [0, 0.1) is 6.92 Å². The Morgan fingerprint density at radius 3 is 1.45 bits per heavy atom. The maximum atomic E-state index is 2.67. The zero-order chi connectivity index (χ0) is 61.5. The fourth-order valence-electron chi connectivity index (χ4n) is 15.0. The van der Waals surface area contributed by atoms with Gasteiger partial charge in [-0.25, -0.2) is 0 Å². The second-order valence-corrected chi connectivity index (χ2v) is 26.5. The maximum absolute atomic E-state index is 2.67. The summed E-state index contributed by atoms with van der Waals surface area (Å²) < 4.78 is 0. The van der Waals surface area contributed by atoms with Crippen molar-refractivity contribution in [2.24, 2.45) is 0 Å². The van der Waals surface area contributed by atoms with Gasteiger partial charge in [0.05, 0.1) is 17.1 Å². The van der Waals surface area contributed by atoms with E-state index < -0.39 is 0 Å². The van der Waals surface area contributed by atoms with Crippen molar-refractivity contribution in [3.8, 4) is 33.4 Å². The van der Waals surface area contributed by atoms with Crippen LogP contribution in [0.1, 0.15) is 5.56 Å². The molecule has 14 aromatic carbocycles. The molecule has 0 amide bonds. The summed E-state index contributed by atoms with van der Waals surface area (Å²) in [5.74, 6) is 0. The van der Waals surface area contributed by atoms with E-state index in [9.17, 15) is 0 Å². The Bertz CT molecular complexity index is 5150. The highest BCUT2D eigenvalue weighted by molar-refractivity contribution is 8.01. The van der Waals surface area contributed by atoms with Gasteiger partial charge in [-0.1, -0.05) is 271 Å². The van der Waals surface area contributed by atoms with E-state index >= 15 is 0 Å². The van der Waals surface area contributed by atoms with Crippen molar-refractivity contribution in [3.63, 3.8) is 0 Å². The van der Waals surface area contributed by atoms with Gasteiger partial charge in [-0.3, -0.25) is 0 Å². The van der Waals surface area contributed by atoms with Gasteiger partial charge in [0.25, 0.3) is 6.71 Å². The molecule has 4 nitrogen and oxygen atoms in total. The Morgan fingerprint density at radius 1 is 0.280 bits per heavy atom. The molecule has 0 spiro atoms. The fourth-order valence-corrected chi connectivity index (χ4v) is 17.5. The lowest BCUT2D eigenvalue weighted by Gasteiger charge is -2.46. The molecule has 0 saturated heterocycles. The average Bonchev–Trinajstić information content (AvgIpc) is 0.691. The Hall–Kier alpha value is -10.9. The van der Waals surface area contributed by atoms with Gasteiger partial charge in [-0.15, -0.1) is 0 Å². The summed E-state index contributed by atoms with van der Waals surface area (Å²) in [5.41, 5.74) is 29.6. The zero-order valence-corrected chi connectivity index (χ0v) is 52.6. The average molecular weight is 1220 g/mol. The van der Waals surface area contributed by atoms with E-state index in [1.807, 2.05) is 23.5 Å². The smallest absolute Gasteiger partial charge is 0.252 e. The van der Waals surface area contributed by atoms with E-state index in [-0.39, 0.29) is 13.4 Å². The molecule has 4 heterocycles. The molecule has 0 unspecified atom stereocenters. The number of anilines is 12. The van der Waals surface area contributed by atoms with Crippen LogP contribution in [-0.4, -0.2) is 13.4 Å². The lowest BCUT2D eigenvalue weighted by Crippen LogP contribution is -2.64. The molecule has 0 aliphatic carbocycles. The summed E-state index contributed by atoms with van der Waals surface area (Å²) in [6.07, 6.45) is 0. The minimum absolute atomic E-state index is 0.0294. The molecule has 0 aromatic heterocycles. The van der Waals surface area contributed by atoms with Crippen LogP contribution in [-0.2, 0) is 0 Å². The van der Waals surface area contributed by atoms with Gasteiger partial charge in [-0.2, -0.15) is 0 Å². The van der Waals surface area contributed by atoms with Gasteiger partial charge >= 0.3 is 0 Å². The zero-order valence-electron chi connectivity index (χ0n) is 51.0. The number of para-hydroxylation sites is 6. The van der Waals surface area contributed by atoms with Crippen LogP contribution < -0.4 is 52.4 Å². The molecule has 14 aromatic rings. The summed E-state index contributed by atoms with van der Waals surface area (Å²) in [6.45, 7) is 2.14. The van der Waals surface area contributed by atoms with Crippen molar-refractivity contribution >= 4 is 138 Å². The van der Waals surface area contributed by atoms with Crippen LogP contribution in [0.15, 0.2) is 353 Å². The molecule has 436 valence electrons. The number of aryl methyl sites for hydroxylation is 1. The van der Waals surface area contributed by atoms with Gasteiger partial charge < -0.3 is 19.6 Å². The molecule has 0 N–H and O–H groups in total. The van der Waals surface area contributed by atoms with Crippen LogP contribution in [0.5, 0.6) is 0 Å². The molecule has 4 aliphatic heterocycles.